The van der Waals surface area contributed by atoms with Gasteiger partial charge in [0.25, 0.3) is 0 Å². The molecule has 3 atom stereocenters. The first-order valence-electron chi connectivity index (χ1n) is 12.4. The second-order valence-electron chi connectivity index (χ2n) is 9.54. The number of thioether (sulfide) groups is 1. The van der Waals surface area contributed by atoms with Gasteiger partial charge in [-0.2, -0.15) is 0 Å². The predicted octanol–water partition coefficient (Wildman–Crippen LogP) is 1.65. The molecule has 1 aliphatic heterocycles. The van der Waals surface area contributed by atoms with E-state index >= 15 is 0 Å². The number of nitrogens with zero attached hydrogens (tertiary/aromatic N) is 1. The molecule has 10 heteroatoms. The number of hydrogen-bond acceptors (Lipinski definition) is 6. The number of carbonyl (C=O) groups is 5. The lowest BCUT2D eigenvalue weighted by molar-refractivity contribution is -0.139. The van der Waals surface area contributed by atoms with E-state index in [1.807, 2.05) is 44.2 Å². The van der Waals surface area contributed by atoms with E-state index in [0.29, 0.717) is 25.8 Å². The maximum absolute atomic E-state index is 13.6. The Morgan fingerprint density at radius 1 is 1.14 bits per heavy atom. The van der Waals surface area contributed by atoms with Crippen LogP contribution < -0.4 is 16.0 Å². The van der Waals surface area contributed by atoms with Crippen molar-refractivity contribution in [2.24, 2.45) is 5.92 Å². The Labute approximate surface area is 217 Å². The molecular formula is C26H38N4O5S. The minimum Gasteiger partial charge on any atom is -0.354 e. The largest absolute Gasteiger partial charge is 0.354 e. The molecule has 0 saturated carbocycles. The van der Waals surface area contributed by atoms with Crippen molar-refractivity contribution < 1.29 is 24.0 Å². The summed E-state index contributed by atoms with van der Waals surface area (Å²) in [5, 5.41) is 7.95. The van der Waals surface area contributed by atoms with Crippen molar-refractivity contribution in [3.63, 3.8) is 0 Å². The first-order valence-corrected chi connectivity index (χ1v) is 13.4. The number of carbonyl (C=O) groups excluding carboxylic acids is 5. The molecule has 1 saturated heterocycles. The average Bonchev–Trinajstić information content (AvgIpc) is 2.82. The second kappa shape index (κ2) is 14.6. The normalized spacial score (nSPS) is 23.2. The molecule has 1 aromatic carbocycles. The van der Waals surface area contributed by atoms with E-state index in [9.17, 15) is 24.0 Å². The minimum atomic E-state index is -0.889. The number of nitrogens with one attached hydrogen (secondary N) is 3. The van der Waals surface area contributed by atoms with Gasteiger partial charge in [-0.15, -0.1) is 0 Å². The van der Waals surface area contributed by atoms with E-state index in [2.05, 4.69) is 16.0 Å². The van der Waals surface area contributed by atoms with Crippen LogP contribution in [0.5, 0.6) is 0 Å². The van der Waals surface area contributed by atoms with Gasteiger partial charge in [0, 0.05) is 39.1 Å². The molecule has 2 rings (SSSR count). The Bertz CT molecular complexity index is 924. The van der Waals surface area contributed by atoms with E-state index in [0.717, 1.165) is 17.3 Å². The molecule has 198 valence electrons. The van der Waals surface area contributed by atoms with Crippen molar-refractivity contribution >= 4 is 40.5 Å². The molecule has 4 amide bonds. The Balaban J connectivity index is 2.37. The van der Waals surface area contributed by atoms with Crippen molar-refractivity contribution in [3.8, 4) is 0 Å². The standard InChI is InChI=1S/C26H38N4O5S/c1-17(2)14-20-25(34)30(4)22(15-19-10-6-5-7-11-19)26(35)36-16-21(28-18(3)31)24(33)27-13-9-8-12-23(32)29-20/h5-7,10-11,17,20-22H,8-9,12-16H2,1-4H3,(H,27,33)(H,28,31)(H,29,32)/t20-,21-,22-/m0/s1. The quantitative estimate of drug-likeness (QED) is 0.545. The van der Waals surface area contributed by atoms with E-state index in [4.69, 9.17) is 0 Å². The van der Waals surface area contributed by atoms with Gasteiger partial charge in [-0.1, -0.05) is 55.9 Å². The number of likely N-dealkylation sites (N-methyl/N-ethyl adjacent to an activating group) is 1. The fraction of sp³-hybridized carbons (Fsp3) is 0.577. The third-order valence-corrected chi connectivity index (χ3v) is 6.97. The lowest BCUT2D eigenvalue weighted by atomic mass is 10.00. The molecule has 0 aromatic heterocycles. The zero-order chi connectivity index (χ0) is 26.7. The van der Waals surface area contributed by atoms with Gasteiger partial charge in [0.2, 0.25) is 28.7 Å². The molecule has 1 aromatic rings. The molecule has 0 radical (unpaired) electrons. The molecule has 1 aliphatic rings. The number of benzene rings is 1. The smallest absolute Gasteiger partial charge is 0.245 e. The van der Waals surface area contributed by atoms with Gasteiger partial charge in [0.1, 0.15) is 18.1 Å². The van der Waals surface area contributed by atoms with Crippen LogP contribution in [0.3, 0.4) is 0 Å². The summed E-state index contributed by atoms with van der Waals surface area (Å²) in [6, 6.07) is 6.93. The highest BCUT2D eigenvalue weighted by Crippen LogP contribution is 2.19. The van der Waals surface area contributed by atoms with Gasteiger partial charge < -0.3 is 20.9 Å². The maximum atomic E-state index is 13.6. The van der Waals surface area contributed by atoms with Crippen LogP contribution in [-0.4, -0.2) is 71.1 Å². The van der Waals surface area contributed by atoms with Crippen molar-refractivity contribution in [3.05, 3.63) is 35.9 Å². The highest BCUT2D eigenvalue weighted by atomic mass is 32.2. The lowest BCUT2D eigenvalue weighted by Crippen LogP contribution is -2.53. The van der Waals surface area contributed by atoms with Crippen LogP contribution in [0.15, 0.2) is 30.3 Å². The van der Waals surface area contributed by atoms with Crippen LogP contribution >= 0.6 is 11.8 Å². The Kier molecular flexibility index (Phi) is 11.9. The summed E-state index contributed by atoms with van der Waals surface area (Å²) in [5.74, 6) is -1.12. The van der Waals surface area contributed by atoms with Crippen LogP contribution in [0, 0.1) is 5.92 Å². The molecule has 9 nitrogen and oxygen atoms in total. The Morgan fingerprint density at radius 2 is 1.83 bits per heavy atom. The monoisotopic (exact) mass is 518 g/mol. The van der Waals surface area contributed by atoms with Crippen molar-refractivity contribution in [1.82, 2.24) is 20.9 Å². The zero-order valence-corrected chi connectivity index (χ0v) is 22.4. The molecule has 0 aliphatic carbocycles. The Hall–Kier alpha value is -2.88. The van der Waals surface area contributed by atoms with Crippen LogP contribution in [-0.2, 0) is 30.4 Å². The van der Waals surface area contributed by atoms with Crippen molar-refractivity contribution in [1.29, 1.82) is 0 Å². The van der Waals surface area contributed by atoms with Crippen LogP contribution in [0.2, 0.25) is 0 Å². The van der Waals surface area contributed by atoms with Crippen molar-refractivity contribution in [2.45, 2.75) is 71.0 Å². The minimum absolute atomic E-state index is 0.0454. The van der Waals surface area contributed by atoms with Gasteiger partial charge in [-0.05, 0) is 30.7 Å². The molecule has 36 heavy (non-hydrogen) atoms. The van der Waals surface area contributed by atoms with Gasteiger partial charge in [0.05, 0.1) is 0 Å². The number of hydrogen-bond donors (Lipinski definition) is 3. The summed E-state index contributed by atoms with van der Waals surface area (Å²) in [7, 11) is 1.58. The van der Waals surface area contributed by atoms with Gasteiger partial charge in [-0.3, -0.25) is 24.0 Å². The fourth-order valence-corrected chi connectivity index (χ4v) is 5.01. The van der Waals surface area contributed by atoms with Crippen LogP contribution in [0.25, 0.3) is 0 Å². The maximum Gasteiger partial charge on any atom is 0.245 e. The SMILES string of the molecule is CC(=O)N[C@H]1CSC(=O)[C@H](Cc2ccccc2)N(C)C(=O)[C@H](CC(C)C)NC(=O)CCCCNC1=O. The highest BCUT2D eigenvalue weighted by molar-refractivity contribution is 8.13. The average molecular weight is 519 g/mol. The third kappa shape index (κ3) is 9.64. The second-order valence-corrected chi connectivity index (χ2v) is 10.6. The first-order chi connectivity index (χ1) is 17.1. The summed E-state index contributed by atoms with van der Waals surface area (Å²) in [5.41, 5.74) is 0.881. The van der Waals surface area contributed by atoms with E-state index in [1.165, 1.54) is 11.8 Å². The topological polar surface area (TPSA) is 125 Å². The molecule has 0 unspecified atom stereocenters. The molecule has 1 heterocycles. The third-order valence-electron chi connectivity index (χ3n) is 5.92. The lowest BCUT2D eigenvalue weighted by Gasteiger charge is -2.31. The molecule has 3 N–H and O–H groups in total. The predicted molar refractivity (Wildman–Crippen MR) is 140 cm³/mol. The summed E-state index contributed by atoms with van der Waals surface area (Å²) in [4.78, 5) is 65.3. The van der Waals surface area contributed by atoms with E-state index < -0.39 is 18.1 Å². The summed E-state index contributed by atoms with van der Waals surface area (Å²) < 4.78 is 0. The van der Waals surface area contributed by atoms with Gasteiger partial charge in [0.15, 0.2) is 0 Å². The van der Waals surface area contributed by atoms with Crippen LogP contribution in [0.4, 0.5) is 0 Å². The molecular weight excluding hydrogens is 480 g/mol. The number of amides is 4. The summed E-state index contributed by atoms with van der Waals surface area (Å²) in [6.45, 7) is 5.61. The van der Waals surface area contributed by atoms with Crippen molar-refractivity contribution in [2.75, 3.05) is 19.3 Å². The Morgan fingerprint density at radius 3 is 2.47 bits per heavy atom. The number of rotatable bonds is 5. The van der Waals surface area contributed by atoms with E-state index in [-0.39, 0.29) is 53.3 Å². The van der Waals surface area contributed by atoms with Gasteiger partial charge >= 0.3 is 0 Å². The summed E-state index contributed by atoms with van der Waals surface area (Å²) >= 11 is 0.919. The fourth-order valence-electron chi connectivity index (χ4n) is 4.01. The molecule has 0 bridgehead atoms. The highest BCUT2D eigenvalue weighted by Gasteiger charge is 2.33. The zero-order valence-electron chi connectivity index (χ0n) is 21.5. The summed E-state index contributed by atoms with van der Waals surface area (Å²) in [6.07, 6.45) is 2.07. The van der Waals surface area contributed by atoms with E-state index in [1.54, 1.807) is 7.05 Å². The first kappa shape index (κ1) is 29.4. The van der Waals surface area contributed by atoms with Crippen LogP contribution in [0.1, 0.15) is 52.0 Å². The molecule has 1 fully saturated rings. The van der Waals surface area contributed by atoms with Gasteiger partial charge in [-0.25, -0.2) is 0 Å². The molecule has 0 spiro atoms.